The van der Waals surface area contributed by atoms with Gasteiger partial charge in [0.25, 0.3) is 0 Å². The predicted molar refractivity (Wildman–Crippen MR) is 70.7 cm³/mol. The molecule has 2 N–H and O–H groups in total. The van der Waals surface area contributed by atoms with Crippen molar-refractivity contribution in [3.05, 3.63) is 29.1 Å². The molecule has 0 bridgehead atoms. The first kappa shape index (κ1) is 14.9. The van der Waals surface area contributed by atoms with Crippen LogP contribution in [0.5, 0.6) is 0 Å². The van der Waals surface area contributed by atoms with E-state index in [2.05, 4.69) is 4.72 Å². The van der Waals surface area contributed by atoms with Crippen molar-refractivity contribution in [3.8, 4) is 0 Å². The molecule has 1 aromatic carbocycles. The van der Waals surface area contributed by atoms with Crippen molar-refractivity contribution in [3.63, 3.8) is 0 Å². The van der Waals surface area contributed by atoms with Gasteiger partial charge in [0.2, 0.25) is 10.0 Å². The van der Waals surface area contributed by atoms with Gasteiger partial charge in [-0.2, -0.15) is 0 Å². The fourth-order valence-electron chi connectivity index (χ4n) is 2.38. The number of benzene rings is 1. The van der Waals surface area contributed by atoms with Crippen molar-refractivity contribution < 1.29 is 22.7 Å². The Labute approximate surface area is 116 Å². The van der Waals surface area contributed by atoms with Gasteiger partial charge in [-0.3, -0.25) is 0 Å². The van der Waals surface area contributed by atoms with Crippen LogP contribution in [0.2, 0.25) is 0 Å². The third-order valence-corrected chi connectivity index (χ3v) is 4.95. The summed E-state index contributed by atoms with van der Waals surface area (Å²) in [7, 11) is -3.82. The first-order valence-corrected chi connectivity index (χ1v) is 7.85. The van der Waals surface area contributed by atoms with Crippen molar-refractivity contribution in [2.45, 2.75) is 43.5 Å². The van der Waals surface area contributed by atoms with Gasteiger partial charge < -0.3 is 5.11 Å². The fourth-order valence-corrected chi connectivity index (χ4v) is 3.79. The second-order valence-electron chi connectivity index (χ2n) is 5.01. The Hall–Kier alpha value is -1.47. The Kier molecular flexibility index (Phi) is 4.10. The van der Waals surface area contributed by atoms with E-state index in [0.29, 0.717) is 0 Å². The number of halogens is 1. The third-order valence-electron chi connectivity index (χ3n) is 3.45. The van der Waals surface area contributed by atoms with E-state index >= 15 is 0 Å². The zero-order valence-corrected chi connectivity index (χ0v) is 11.8. The molecule has 1 aromatic rings. The molecule has 0 spiro atoms. The van der Waals surface area contributed by atoms with Crippen molar-refractivity contribution in [2.75, 3.05) is 0 Å². The van der Waals surface area contributed by atoms with E-state index in [9.17, 15) is 17.6 Å². The molecule has 0 radical (unpaired) electrons. The van der Waals surface area contributed by atoms with Crippen LogP contribution in [0.3, 0.4) is 0 Å². The van der Waals surface area contributed by atoms with Crippen LogP contribution in [-0.4, -0.2) is 25.5 Å². The number of hydrogen-bond donors (Lipinski definition) is 2. The first-order chi connectivity index (χ1) is 9.31. The van der Waals surface area contributed by atoms with Gasteiger partial charge in [-0.1, -0.05) is 12.8 Å². The van der Waals surface area contributed by atoms with E-state index in [1.807, 2.05) is 0 Å². The van der Waals surface area contributed by atoms with Gasteiger partial charge in [-0.25, -0.2) is 22.3 Å². The number of carboxylic acid groups (broad SMARTS) is 1. The summed E-state index contributed by atoms with van der Waals surface area (Å²) in [6, 6.07) is 1.89. The Balaban J connectivity index is 2.38. The molecule has 1 saturated carbocycles. The lowest BCUT2D eigenvalue weighted by Crippen LogP contribution is -2.32. The maximum atomic E-state index is 13.6. The number of carboxylic acids is 1. The van der Waals surface area contributed by atoms with Crippen LogP contribution in [0.1, 0.15) is 41.6 Å². The highest BCUT2D eigenvalue weighted by Crippen LogP contribution is 2.23. The average Bonchev–Trinajstić information content (AvgIpc) is 2.83. The van der Waals surface area contributed by atoms with Crippen LogP contribution in [0.4, 0.5) is 4.39 Å². The monoisotopic (exact) mass is 301 g/mol. The smallest absolute Gasteiger partial charge is 0.338 e. The topological polar surface area (TPSA) is 83.5 Å². The third kappa shape index (κ3) is 2.99. The van der Waals surface area contributed by atoms with Gasteiger partial charge in [0.05, 0.1) is 10.5 Å². The minimum absolute atomic E-state index is 0.00306. The molecule has 1 fully saturated rings. The highest BCUT2D eigenvalue weighted by molar-refractivity contribution is 7.89. The van der Waals surface area contributed by atoms with Gasteiger partial charge in [0, 0.05) is 6.04 Å². The standard InChI is InChI=1S/C13H16FNO4S/c1-8-6-10(7-11(12(8)14)13(16)17)20(18,19)15-9-4-2-3-5-9/h6-7,9,15H,2-5H2,1H3,(H,16,17). The molecule has 7 heteroatoms. The van der Waals surface area contributed by atoms with Crippen LogP contribution < -0.4 is 4.72 Å². The number of sulfonamides is 1. The number of rotatable bonds is 4. The summed E-state index contributed by atoms with van der Waals surface area (Å²) < 4.78 is 40.6. The van der Waals surface area contributed by atoms with E-state index < -0.39 is 27.4 Å². The average molecular weight is 301 g/mol. The number of aromatic carboxylic acids is 1. The van der Waals surface area contributed by atoms with Crippen molar-refractivity contribution in [2.24, 2.45) is 0 Å². The van der Waals surface area contributed by atoms with Crippen LogP contribution in [-0.2, 0) is 10.0 Å². The molecule has 20 heavy (non-hydrogen) atoms. The molecule has 2 rings (SSSR count). The van der Waals surface area contributed by atoms with Crippen molar-refractivity contribution >= 4 is 16.0 Å². The largest absolute Gasteiger partial charge is 0.478 e. The molecule has 1 aliphatic carbocycles. The fraction of sp³-hybridized carbons (Fsp3) is 0.462. The molecule has 0 amide bonds. The molecule has 0 aromatic heterocycles. The molecular weight excluding hydrogens is 285 g/mol. The molecule has 1 aliphatic rings. The number of aryl methyl sites for hydroxylation is 1. The molecule has 0 aliphatic heterocycles. The van der Waals surface area contributed by atoms with Gasteiger partial charge in [0.1, 0.15) is 5.82 Å². The second-order valence-corrected chi connectivity index (χ2v) is 6.72. The number of nitrogens with one attached hydrogen (secondary N) is 1. The zero-order chi connectivity index (χ0) is 14.9. The molecule has 0 saturated heterocycles. The normalized spacial score (nSPS) is 16.5. The molecule has 110 valence electrons. The summed E-state index contributed by atoms with van der Waals surface area (Å²) in [5.74, 6) is -2.39. The van der Waals surface area contributed by atoms with Crippen LogP contribution in [0.25, 0.3) is 0 Å². The maximum absolute atomic E-state index is 13.6. The van der Waals surface area contributed by atoms with Gasteiger partial charge >= 0.3 is 5.97 Å². The van der Waals surface area contributed by atoms with Gasteiger partial charge in [-0.15, -0.1) is 0 Å². The SMILES string of the molecule is Cc1cc(S(=O)(=O)NC2CCCC2)cc(C(=O)O)c1F. The lowest BCUT2D eigenvalue weighted by Gasteiger charge is -2.14. The van der Waals surface area contributed by atoms with Crippen LogP contribution in [0.15, 0.2) is 17.0 Å². The Bertz CT molecular complexity index is 636. The van der Waals surface area contributed by atoms with E-state index in [0.717, 1.165) is 37.8 Å². The van der Waals surface area contributed by atoms with Gasteiger partial charge in [-0.05, 0) is 37.5 Å². The minimum atomic E-state index is -3.82. The maximum Gasteiger partial charge on any atom is 0.338 e. The van der Waals surface area contributed by atoms with Gasteiger partial charge in [0.15, 0.2) is 0 Å². The van der Waals surface area contributed by atoms with Crippen LogP contribution >= 0.6 is 0 Å². The molecule has 0 heterocycles. The van der Waals surface area contributed by atoms with Crippen LogP contribution in [0, 0.1) is 12.7 Å². The Morgan fingerprint density at radius 3 is 2.50 bits per heavy atom. The van der Waals surface area contributed by atoms with E-state index in [1.54, 1.807) is 0 Å². The number of hydrogen-bond acceptors (Lipinski definition) is 3. The number of carbonyl (C=O) groups is 1. The Morgan fingerprint density at radius 1 is 1.35 bits per heavy atom. The van der Waals surface area contributed by atoms with E-state index in [1.165, 1.54) is 6.92 Å². The molecule has 0 atom stereocenters. The Morgan fingerprint density at radius 2 is 1.95 bits per heavy atom. The van der Waals surface area contributed by atoms with Crippen molar-refractivity contribution in [1.29, 1.82) is 0 Å². The van der Waals surface area contributed by atoms with E-state index in [4.69, 9.17) is 5.11 Å². The summed E-state index contributed by atoms with van der Waals surface area (Å²) >= 11 is 0. The second kappa shape index (κ2) is 5.49. The zero-order valence-electron chi connectivity index (χ0n) is 11.0. The summed E-state index contributed by atoms with van der Waals surface area (Å²) in [4.78, 5) is 10.7. The predicted octanol–water partition coefficient (Wildman–Crippen LogP) is 2.05. The summed E-state index contributed by atoms with van der Waals surface area (Å²) in [6.45, 7) is 1.34. The van der Waals surface area contributed by atoms with E-state index in [-0.39, 0.29) is 16.5 Å². The summed E-state index contributed by atoms with van der Waals surface area (Å²) in [5, 5.41) is 8.91. The van der Waals surface area contributed by atoms with Crippen molar-refractivity contribution in [1.82, 2.24) is 4.72 Å². The first-order valence-electron chi connectivity index (χ1n) is 6.37. The minimum Gasteiger partial charge on any atom is -0.478 e. The molecular formula is C13H16FNO4S. The molecule has 0 unspecified atom stereocenters. The highest BCUT2D eigenvalue weighted by atomic mass is 32.2. The summed E-state index contributed by atoms with van der Waals surface area (Å²) in [5.41, 5.74) is -0.631. The quantitative estimate of drug-likeness (QED) is 0.891. The lowest BCUT2D eigenvalue weighted by atomic mass is 10.1. The molecule has 5 nitrogen and oxygen atoms in total. The summed E-state index contributed by atoms with van der Waals surface area (Å²) in [6.07, 6.45) is 3.47. The lowest BCUT2D eigenvalue weighted by molar-refractivity contribution is 0.0691. The highest BCUT2D eigenvalue weighted by Gasteiger charge is 2.25.